The van der Waals surface area contributed by atoms with Gasteiger partial charge in [0.25, 0.3) is 0 Å². The predicted octanol–water partition coefficient (Wildman–Crippen LogP) is 6.12. The predicted molar refractivity (Wildman–Crippen MR) is 144 cm³/mol. The number of ether oxygens (including phenoxy) is 3. The molecule has 0 N–H and O–H groups in total. The summed E-state index contributed by atoms with van der Waals surface area (Å²) in [7, 11) is 0. The van der Waals surface area contributed by atoms with E-state index in [1.165, 1.54) is 57.4 Å². The molecule has 5 aliphatic carbocycles. The first-order valence-corrected chi connectivity index (χ1v) is 15.3. The Morgan fingerprint density at radius 1 is 0.868 bits per heavy atom. The lowest BCUT2D eigenvalue weighted by Crippen LogP contribution is -2.52. The molecule has 4 fully saturated rings. The Morgan fingerprint density at radius 3 is 2.26 bits per heavy atom. The molecule has 38 heavy (non-hydrogen) atoms. The number of rotatable bonds is 6. The largest absolute Gasteiger partial charge is 0.466 e. The van der Waals surface area contributed by atoms with E-state index >= 15 is 0 Å². The summed E-state index contributed by atoms with van der Waals surface area (Å²) in [5, 5.41) is 0. The summed E-state index contributed by atoms with van der Waals surface area (Å²) in [5.74, 6) is -0.0139. The molecule has 5 aliphatic rings. The summed E-state index contributed by atoms with van der Waals surface area (Å²) >= 11 is 0. The highest BCUT2D eigenvalue weighted by Gasteiger charge is 2.64. The van der Waals surface area contributed by atoms with E-state index in [1.807, 2.05) is 6.92 Å². The number of hydrogen-bond donors (Lipinski definition) is 0. The fraction of sp³-hybridized carbons (Fsp3) is 0.844. The quantitative estimate of drug-likeness (QED) is 0.235. The van der Waals surface area contributed by atoms with Crippen molar-refractivity contribution >= 4 is 17.9 Å². The average Bonchev–Trinajstić information content (AvgIpc) is 3.18. The number of carbonyl (C=O) groups is 3. The zero-order valence-corrected chi connectivity index (χ0v) is 24.1. The molecule has 0 aliphatic heterocycles. The molecule has 0 heterocycles. The van der Waals surface area contributed by atoms with E-state index in [2.05, 4.69) is 19.9 Å². The molecular weight excluding hydrogens is 480 g/mol. The minimum Gasteiger partial charge on any atom is -0.466 e. The average molecular weight is 529 g/mol. The van der Waals surface area contributed by atoms with Crippen LogP contribution in [0.15, 0.2) is 11.6 Å². The highest BCUT2D eigenvalue weighted by Crippen LogP contribution is 2.70. The van der Waals surface area contributed by atoms with Crippen LogP contribution in [0.4, 0.5) is 0 Å². The van der Waals surface area contributed by atoms with Gasteiger partial charge in [-0.05, 0) is 99.2 Å². The van der Waals surface area contributed by atoms with E-state index < -0.39 is 17.8 Å². The highest BCUT2D eigenvalue weighted by molar-refractivity contribution is 5.84. The molecule has 0 aromatic carbocycles. The highest BCUT2D eigenvalue weighted by atomic mass is 16.5. The monoisotopic (exact) mass is 528 g/mol. The maximum absolute atomic E-state index is 13.6. The smallest absolute Gasteiger partial charge is 0.310 e. The van der Waals surface area contributed by atoms with Crippen molar-refractivity contribution in [2.24, 2.45) is 58.2 Å². The second-order valence-electron chi connectivity index (χ2n) is 13.3. The molecule has 0 radical (unpaired) electrons. The summed E-state index contributed by atoms with van der Waals surface area (Å²) < 4.78 is 16.6. The van der Waals surface area contributed by atoms with Gasteiger partial charge in [0, 0.05) is 12.8 Å². The first-order chi connectivity index (χ1) is 18.2. The second kappa shape index (κ2) is 10.6. The molecule has 10 atom stereocenters. The van der Waals surface area contributed by atoms with Gasteiger partial charge < -0.3 is 14.2 Å². The zero-order chi connectivity index (χ0) is 27.2. The minimum atomic E-state index is -0.701. The van der Waals surface area contributed by atoms with Crippen LogP contribution in [0.5, 0.6) is 0 Å². The Kier molecular flexibility index (Phi) is 7.74. The number of carbonyl (C=O) groups excluding carboxylic acids is 3. The van der Waals surface area contributed by atoms with E-state index in [1.54, 1.807) is 6.92 Å². The van der Waals surface area contributed by atoms with E-state index in [9.17, 15) is 14.4 Å². The van der Waals surface area contributed by atoms with E-state index in [0.29, 0.717) is 17.3 Å². The first kappa shape index (κ1) is 27.7. The van der Waals surface area contributed by atoms with Gasteiger partial charge in [-0.15, -0.1) is 0 Å². The van der Waals surface area contributed by atoms with Gasteiger partial charge in [-0.1, -0.05) is 38.3 Å². The van der Waals surface area contributed by atoms with Crippen molar-refractivity contribution in [3.63, 3.8) is 0 Å². The Balaban J connectivity index is 1.53. The van der Waals surface area contributed by atoms with Crippen molar-refractivity contribution in [3.05, 3.63) is 11.6 Å². The summed E-state index contributed by atoms with van der Waals surface area (Å²) in [6.45, 7) is 10.6. The van der Waals surface area contributed by atoms with Crippen LogP contribution in [0.25, 0.3) is 0 Å². The normalized spacial score (nSPS) is 43.4. The maximum Gasteiger partial charge on any atom is 0.310 e. The van der Waals surface area contributed by atoms with E-state index in [-0.39, 0.29) is 49.1 Å². The van der Waals surface area contributed by atoms with Gasteiger partial charge in [0.2, 0.25) is 0 Å². The molecule has 0 unspecified atom stereocenters. The van der Waals surface area contributed by atoms with Crippen LogP contribution in [0, 0.1) is 58.2 Å². The Labute approximate surface area is 228 Å². The van der Waals surface area contributed by atoms with Crippen LogP contribution in [0.2, 0.25) is 0 Å². The number of fused-ring (bicyclic) bond motifs is 7. The number of esters is 3. The first-order valence-electron chi connectivity index (χ1n) is 15.3. The van der Waals surface area contributed by atoms with Crippen LogP contribution < -0.4 is 0 Å². The standard InChI is InChI=1S/C32H48O6/c1-6-36-29(34)27-20(18-38-19(3)33)16-25-23(28(27)30(35)37-7-2)17-26-22-12-11-21-10-8-9-14-31(21,4)24(22)13-15-32(25,26)5/h16,20-24,26-28H,6-15,17-18H2,1-5H3/t20-,21-,22-,23-,24+,26+,27+,28+,31+,32-/m1/s1. The van der Waals surface area contributed by atoms with Crippen LogP contribution in [0.1, 0.15) is 92.4 Å². The third kappa shape index (κ3) is 4.42. The third-order valence-corrected chi connectivity index (χ3v) is 11.8. The molecule has 0 aromatic heterocycles. The Morgan fingerprint density at radius 2 is 1.58 bits per heavy atom. The minimum absolute atomic E-state index is 0.00253. The second-order valence-corrected chi connectivity index (χ2v) is 13.3. The van der Waals surface area contributed by atoms with Crippen molar-refractivity contribution in [1.29, 1.82) is 0 Å². The molecule has 0 amide bonds. The lowest BCUT2D eigenvalue weighted by molar-refractivity contribution is -0.166. The van der Waals surface area contributed by atoms with Gasteiger partial charge in [0.15, 0.2) is 0 Å². The van der Waals surface area contributed by atoms with Gasteiger partial charge >= 0.3 is 17.9 Å². The van der Waals surface area contributed by atoms with Gasteiger partial charge in [-0.25, -0.2) is 0 Å². The summed E-state index contributed by atoms with van der Waals surface area (Å²) in [5.41, 5.74) is 1.76. The molecule has 0 aromatic rings. The third-order valence-electron chi connectivity index (χ3n) is 11.8. The van der Waals surface area contributed by atoms with E-state index in [4.69, 9.17) is 14.2 Å². The molecule has 0 saturated heterocycles. The van der Waals surface area contributed by atoms with Crippen LogP contribution in [-0.2, 0) is 28.6 Å². The van der Waals surface area contributed by atoms with Crippen molar-refractivity contribution < 1.29 is 28.6 Å². The van der Waals surface area contributed by atoms with Crippen molar-refractivity contribution in [1.82, 2.24) is 0 Å². The SMILES string of the molecule is CCOC(=O)[C@@H]1[C@@H](C(=O)OCC)[C@@H]2C[C@H]3[C@@H]4CC[C@H]5CCCC[C@]5(C)[C@H]4CC[C@]3(C)C2=C[C@@H]1COC(C)=O. The lowest BCUT2D eigenvalue weighted by Gasteiger charge is -2.60. The van der Waals surface area contributed by atoms with Gasteiger partial charge in [-0.2, -0.15) is 0 Å². The Hall–Kier alpha value is -1.85. The fourth-order valence-electron chi connectivity index (χ4n) is 10.2. The molecule has 0 spiro atoms. The lowest BCUT2D eigenvalue weighted by atomic mass is 9.45. The number of allylic oxidation sites excluding steroid dienone is 1. The van der Waals surface area contributed by atoms with Crippen molar-refractivity contribution in [2.45, 2.75) is 92.4 Å². The van der Waals surface area contributed by atoms with Crippen LogP contribution >= 0.6 is 0 Å². The summed E-state index contributed by atoms with van der Waals surface area (Å²) in [4.78, 5) is 38.8. The Bertz CT molecular complexity index is 971. The van der Waals surface area contributed by atoms with Gasteiger partial charge in [0.1, 0.15) is 0 Å². The zero-order valence-electron chi connectivity index (χ0n) is 24.1. The number of hydrogen-bond acceptors (Lipinski definition) is 6. The van der Waals surface area contributed by atoms with Crippen molar-refractivity contribution in [3.8, 4) is 0 Å². The summed E-state index contributed by atoms with van der Waals surface area (Å²) in [6.07, 6.45) is 13.6. The topological polar surface area (TPSA) is 78.9 Å². The van der Waals surface area contributed by atoms with E-state index in [0.717, 1.165) is 24.7 Å². The maximum atomic E-state index is 13.6. The van der Waals surface area contributed by atoms with Crippen LogP contribution in [0.3, 0.4) is 0 Å². The van der Waals surface area contributed by atoms with Crippen molar-refractivity contribution in [2.75, 3.05) is 19.8 Å². The summed E-state index contributed by atoms with van der Waals surface area (Å²) in [6, 6.07) is 0. The molecule has 0 bridgehead atoms. The molecule has 6 nitrogen and oxygen atoms in total. The molecule has 6 heteroatoms. The fourth-order valence-corrected chi connectivity index (χ4v) is 10.2. The molecular formula is C32H48O6. The van der Waals surface area contributed by atoms with Gasteiger partial charge in [-0.3, -0.25) is 14.4 Å². The molecule has 212 valence electrons. The van der Waals surface area contributed by atoms with Gasteiger partial charge in [0.05, 0.1) is 31.7 Å². The molecule has 5 rings (SSSR count). The van der Waals surface area contributed by atoms with Crippen LogP contribution in [-0.4, -0.2) is 37.7 Å². The molecule has 4 saturated carbocycles.